The Morgan fingerprint density at radius 2 is 2.10 bits per heavy atom. The van der Waals surface area contributed by atoms with Crippen molar-refractivity contribution in [1.82, 2.24) is 4.72 Å². The minimum atomic E-state index is -3.83. The largest absolute Gasteiger partial charge is 0.478 e. The van der Waals surface area contributed by atoms with Crippen molar-refractivity contribution in [2.24, 2.45) is 0 Å². The standard InChI is InChI=1S/C15H19NO4S/c1-4-7-12(6-3)16-21(19,20)13-9-8-11(5-2)14(10-13)15(17)18/h3,8-10,12,16H,4-5,7H2,1-2H3,(H,17,18). The summed E-state index contributed by atoms with van der Waals surface area (Å²) < 4.78 is 26.9. The number of hydrogen-bond acceptors (Lipinski definition) is 3. The fourth-order valence-corrected chi connectivity index (χ4v) is 3.17. The van der Waals surface area contributed by atoms with E-state index >= 15 is 0 Å². The molecular formula is C15H19NO4S. The van der Waals surface area contributed by atoms with Crippen molar-refractivity contribution in [3.63, 3.8) is 0 Å². The monoisotopic (exact) mass is 309 g/mol. The van der Waals surface area contributed by atoms with Gasteiger partial charge in [0, 0.05) is 0 Å². The Morgan fingerprint density at radius 3 is 2.57 bits per heavy atom. The Bertz CT molecular complexity index is 659. The Kier molecular flexibility index (Phi) is 5.94. The van der Waals surface area contributed by atoms with E-state index in [1.165, 1.54) is 18.2 Å². The lowest BCUT2D eigenvalue weighted by Crippen LogP contribution is -2.33. The SMILES string of the molecule is C#CC(CCC)NS(=O)(=O)c1ccc(CC)c(C(=O)O)c1. The van der Waals surface area contributed by atoms with Gasteiger partial charge in [0.15, 0.2) is 0 Å². The summed E-state index contributed by atoms with van der Waals surface area (Å²) >= 11 is 0. The van der Waals surface area contributed by atoms with Crippen LogP contribution in [0.2, 0.25) is 0 Å². The molecule has 0 saturated carbocycles. The van der Waals surface area contributed by atoms with Gasteiger partial charge in [0.2, 0.25) is 10.0 Å². The van der Waals surface area contributed by atoms with Gasteiger partial charge in [0.1, 0.15) is 0 Å². The molecule has 0 radical (unpaired) electrons. The number of hydrogen-bond donors (Lipinski definition) is 2. The van der Waals surface area contributed by atoms with Gasteiger partial charge < -0.3 is 5.11 Å². The van der Waals surface area contributed by atoms with Gasteiger partial charge in [-0.2, -0.15) is 4.72 Å². The summed E-state index contributed by atoms with van der Waals surface area (Å²) in [4.78, 5) is 11.1. The topological polar surface area (TPSA) is 83.5 Å². The predicted octanol–water partition coefficient (Wildman–Crippen LogP) is 2.03. The molecule has 0 aliphatic heterocycles. The first-order valence-electron chi connectivity index (χ1n) is 6.70. The lowest BCUT2D eigenvalue weighted by atomic mass is 10.1. The molecule has 5 nitrogen and oxygen atoms in total. The van der Waals surface area contributed by atoms with Crippen LogP contribution in [0.1, 0.15) is 42.6 Å². The maximum absolute atomic E-state index is 12.3. The highest BCUT2D eigenvalue weighted by molar-refractivity contribution is 7.89. The van der Waals surface area contributed by atoms with Gasteiger partial charge in [-0.25, -0.2) is 13.2 Å². The number of aryl methyl sites for hydroxylation is 1. The smallest absolute Gasteiger partial charge is 0.336 e. The predicted molar refractivity (Wildman–Crippen MR) is 80.6 cm³/mol. The summed E-state index contributed by atoms with van der Waals surface area (Å²) in [6.45, 7) is 3.71. The molecule has 1 aromatic carbocycles. The minimum Gasteiger partial charge on any atom is -0.478 e. The molecule has 6 heteroatoms. The molecule has 0 aliphatic rings. The van der Waals surface area contributed by atoms with Crippen LogP contribution in [-0.4, -0.2) is 25.5 Å². The molecule has 0 amide bonds. The molecule has 0 fully saturated rings. The van der Waals surface area contributed by atoms with E-state index in [-0.39, 0.29) is 10.5 Å². The van der Waals surface area contributed by atoms with Crippen molar-refractivity contribution in [3.8, 4) is 12.3 Å². The van der Waals surface area contributed by atoms with Gasteiger partial charge in [0.05, 0.1) is 16.5 Å². The van der Waals surface area contributed by atoms with Gasteiger partial charge >= 0.3 is 5.97 Å². The zero-order valence-electron chi connectivity index (χ0n) is 12.1. The van der Waals surface area contributed by atoms with Gasteiger partial charge in [-0.1, -0.05) is 32.3 Å². The van der Waals surface area contributed by atoms with Crippen molar-refractivity contribution in [3.05, 3.63) is 29.3 Å². The molecule has 1 aromatic rings. The number of nitrogens with one attached hydrogen (secondary N) is 1. The quantitative estimate of drug-likeness (QED) is 0.755. The van der Waals surface area contributed by atoms with Crippen LogP contribution >= 0.6 is 0 Å². The van der Waals surface area contributed by atoms with Crippen LogP contribution in [0.3, 0.4) is 0 Å². The second kappa shape index (κ2) is 7.25. The Labute approximate surface area is 125 Å². The highest BCUT2D eigenvalue weighted by Gasteiger charge is 2.21. The van der Waals surface area contributed by atoms with Crippen LogP contribution < -0.4 is 4.72 Å². The molecule has 114 valence electrons. The molecule has 0 saturated heterocycles. The van der Waals surface area contributed by atoms with E-state index < -0.39 is 22.0 Å². The summed E-state index contributed by atoms with van der Waals surface area (Å²) in [5.74, 6) is 1.23. The van der Waals surface area contributed by atoms with E-state index in [1.807, 2.05) is 13.8 Å². The first kappa shape index (κ1) is 17.2. The number of terminal acetylenes is 1. The third kappa shape index (κ3) is 4.31. The molecule has 0 spiro atoms. The molecule has 21 heavy (non-hydrogen) atoms. The number of sulfonamides is 1. The zero-order valence-corrected chi connectivity index (χ0v) is 12.9. The Hall–Kier alpha value is -1.84. The van der Waals surface area contributed by atoms with E-state index in [9.17, 15) is 13.2 Å². The lowest BCUT2D eigenvalue weighted by Gasteiger charge is -2.13. The van der Waals surface area contributed by atoms with Crippen molar-refractivity contribution in [1.29, 1.82) is 0 Å². The molecule has 1 atom stereocenters. The van der Waals surface area contributed by atoms with Crippen molar-refractivity contribution in [2.75, 3.05) is 0 Å². The Morgan fingerprint density at radius 1 is 1.43 bits per heavy atom. The van der Waals surface area contributed by atoms with Crippen LogP contribution in [0.5, 0.6) is 0 Å². The van der Waals surface area contributed by atoms with Crippen molar-refractivity contribution >= 4 is 16.0 Å². The van der Waals surface area contributed by atoms with E-state index in [2.05, 4.69) is 10.6 Å². The number of carboxylic acids is 1. The van der Waals surface area contributed by atoms with Crippen LogP contribution in [-0.2, 0) is 16.4 Å². The van der Waals surface area contributed by atoms with Gasteiger partial charge in [-0.05, 0) is 30.5 Å². The fraction of sp³-hybridized carbons (Fsp3) is 0.400. The average molecular weight is 309 g/mol. The number of carbonyl (C=O) groups is 1. The fourth-order valence-electron chi connectivity index (χ4n) is 1.95. The third-order valence-corrected chi connectivity index (χ3v) is 4.55. The summed E-state index contributed by atoms with van der Waals surface area (Å²) in [5.41, 5.74) is 0.580. The number of aromatic carboxylic acids is 1. The lowest BCUT2D eigenvalue weighted by molar-refractivity contribution is 0.0695. The first-order valence-corrected chi connectivity index (χ1v) is 8.18. The van der Waals surface area contributed by atoms with Crippen LogP contribution in [0, 0.1) is 12.3 Å². The van der Waals surface area contributed by atoms with E-state index in [4.69, 9.17) is 11.5 Å². The minimum absolute atomic E-state index is 0.00637. The Balaban J connectivity index is 3.18. The van der Waals surface area contributed by atoms with E-state index in [0.717, 1.165) is 6.42 Å². The second-order valence-electron chi connectivity index (χ2n) is 4.61. The van der Waals surface area contributed by atoms with Crippen molar-refractivity contribution in [2.45, 2.75) is 44.0 Å². The van der Waals surface area contributed by atoms with Gasteiger partial charge in [-0.3, -0.25) is 0 Å². The molecule has 2 N–H and O–H groups in total. The molecular weight excluding hydrogens is 290 g/mol. The molecule has 0 heterocycles. The van der Waals surface area contributed by atoms with E-state index in [0.29, 0.717) is 18.4 Å². The number of rotatable bonds is 7. The molecule has 0 bridgehead atoms. The maximum Gasteiger partial charge on any atom is 0.336 e. The molecule has 1 unspecified atom stereocenters. The van der Waals surface area contributed by atoms with Crippen LogP contribution in [0.15, 0.2) is 23.1 Å². The first-order chi connectivity index (χ1) is 9.85. The maximum atomic E-state index is 12.3. The summed E-state index contributed by atoms with van der Waals surface area (Å²) in [6, 6.07) is 3.48. The molecule has 1 rings (SSSR count). The second-order valence-corrected chi connectivity index (χ2v) is 6.32. The highest BCUT2D eigenvalue weighted by Crippen LogP contribution is 2.17. The van der Waals surface area contributed by atoms with Gasteiger partial charge in [-0.15, -0.1) is 6.42 Å². The number of carboxylic acid groups (broad SMARTS) is 1. The van der Waals surface area contributed by atoms with Crippen LogP contribution in [0.4, 0.5) is 0 Å². The van der Waals surface area contributed by atoms with Crippen LogP contribution in [0.25, 0.3) is 0 Å². The summed E-state index contributed by atoms with van der Waals surface area (Å²) in [7, 11) is -3.83. The highest BCUT2D eigenvalue weighted by atomic mass is 32.2. The average Bonchev–Trinajstić information content (AvgIpc) is 2.45. The number of benzene rings is 1. The van der Waals surface area contributed by atoms with Gasteiger partial charge in [0.25, 0.3) is 0 Å². The summed E-state index contributed by atoms with van der Waals surface area (Å²) in [6.07, 6.45) is 7.07. The third-order valence-electron chi connectivity index (χ3n) is 3.08. The van der Waals surface area contributed by atoms with Crippen molar-refractivity contribution < 1.29 is 18.3 Å². The normalized spacial score (nSPS) is 12.6. The molecule has 0 aliphatic carbocycles. The summed E-state index contributed by atoms with van der Waals surface area (Å²) in [5, 5.41) is 9.15. The zero-order chi connectivity index (χ0) is 16.0. The molecule has 0 aromatic heterocycles. The van der Waals surface area contributed by atoms with E-state index in [1.54, 1.807) is 0 Å².